The highest BCUT2D eigenvalue weighted by Crippen LogP contribution is 2.37. The van der Waals surface area contributed by atoms with Crippen LogP contribution in [0.5, 0.6) is 11.5 Å². The van der Waals surface area contributed by atoms with Crippen LogP contribution in [0.4, 0.5) is 5.69 Å². The first-order valence-electron chi connectivity index (χ1n) is 9.92. The number of aliphatic imine (C=N–C) groups is 1. The number of carbonyl (C=O) groups is 2. The molecule has 0 radical (unpaired) electrons. The van der Waals surface area contributed by atoms with Crippen molar-refractivity contribution < 1.29 is 24.2 Å². The van der Waals surface area contributed by atoms with Crippen molar-refractivity contribution in [2.24, 2.45) is 4.99 Å². The summed E-state index contributed by atoms with van der Waals surface area (Å²) >= 11 is 1.25. The van der Waals surface area contributed by atoms with Crippen molar-refractivity contribution in [1.82, 2.24) is 4.90 Å². The molecule has 1 saturated heterocycles. The summed E-state index contributed by atoms with van der Waals surface area (Å²) in [6.45, 7) is 5.97. The number of nitrogens with zero attached hydrogens (tertiary/aromatic N) is 2. The van der Waals surface area contributed by atoms with Gasteiger partial charge in [-0.15, -0.1) is 6.58 Å². The zero-order valence-corrected chi connectivity index (χ0v) is 18.9. The van der Waals surface area contributed by atoms with E-state index in [1.54, 1.807) is 55.6 Å². The number of esters is 1. The number of benzene rings is 2. The van der Waals surface area contributed by atoms with E-state index < -0.39 is 5.97 Å². The summed E-state index contributed by atoms with van der Waals surface area (Å²) < 4.78 is 10.2. The highest BCUT2D eigenvalue weighted by molar-refractivity contribution is 8.18. The van der Waals surface area contributed by atoms with E-state index in [0.29, 0.717) is 45.7 Å². The zero-order chi connectivity index (χ0) is 23.3. The molecule has 166 valence electrons. The van der Waals surface area contributed by atoms with Gasteiger partial charge in [-0.25, -0.2) is 9.79 Å². The molecule has 0 aliphatic carbocycles. The minimum atomic E-state index is -0.423. The second-order valence-corrected chi connectivity index (χ2v) is 7.87. The topological polar surface area (TPSA) is 88.4 Å². The van der Waals surface area contributed by atoms with Crippen molar-refractivity contribution in [3.05, 3.63) is 70.6 Å². The number of ether oxygens (including phenoxy) is 2. The van der Waals surface area contributed by atoms with Crippen molar-refractivity contribution >= 4 is 40.6 Å². The predicted molar refractivity (Wildman–Crippen MR) is 126 cm³/mol. The van der Waals surface area contributed by atoms with Crippen LogP contribution in [-0.2, 0) is 16.0 Å². The number of amides is 1. The Morgan fingerprint density at radius 1 is 1.28 bits per heavy atom. The number of methoxy groups -OCH3 is 1. The van der Waals surface area contributed by atoms with E-state index in [4.69, 9.17) is 9.47 Å². The molecule has 0 spiro atoms. The SMILES string of the molecule is C=CCc1cc(/C=C2/SC(=Nc3ccc(C(=O)OC)cc3)N(C)C2=O)cc(OCC)c1O. The first kappa shape index (κ1) is 23.1. The third kappa shape index (κ3) is 5.03. The Balaban J connectivity index is 1.90. The molecule has 0 unspecified atom stereocenters. The fraction of sp³-hybridized carbons (Fsp3) is 0.208. The van der Waals surface area contributed by atoms with E-state index in [0.717, 1.165) is 5.56 Å². The molecule has 1 amide bonds. The molecule has 1 aliphatic rings. The summed E-state index contributed by atoms with van der Waals surface area (Å²) in [6.07, 6.45) is 3.92. The van der Waals surface area contributed by atoms with Gasteiger partial charge in [0.05, 0.1) is 29.9 Å². The van der Waals surface area contributed by atoms with Crippen molar-refractivity contribution in [2.75, 3.05) is 20.8 Å². The molecule has 0 saturated carbocycles. The van der Waals surface area contributed by atoms with Gasteiger partial charge in [-0.3, -0.25) is 9.69 Å². The summed E-state index contributed by atoms with van der Waals surface area (Å²) in [4.78, 5) is 30.9. The van der Waals surface area contributed by atoms with Gasteiger partial charge in [0.15, 0.2) is 16.7 Å². The molecule has 2 aromatic rings. The first-order valence-corrected chi connectivity index (χ1v) is 10.7. The molecule has 2 aromatic carbocycles. The molecule has 0 bridgehead atoms. The van der Waals surface area contributed by atoms with Gasteiger partial charge in [0.1, 0.15) is 0 Å². The Bertz CT molecular complexity index is 1110. The van der Waals surface area contributed by atoms with E-state index in [9.17, 15) is 14.7 Å². The molecule has 32 heavy (non-hydrogen) atoms. The molecule has 3 rings (SSSR count). The molecule has 7 nitrogen and oxygen atoms in total. The maximum Gasteiger partial charge on any atom is 0.337 e. The molecule has 1 fully saturated rings. The van der Waals surface area contributed by atoms with E-state index >= 15 is 0 Å². The lowest BCUT2D eigenvalue weighted by Gasteiger charge is -2.11. The van der Waals surface area contributed by atoms with Crippen LogP contribution in [0.2, 0.25) is 0 Å². The smallest absolute Gasteiger partial charge is 0.337 e. The number of carbonyl (C=O) groups excluding carboxylic acids is 2. The predicted octanol–water partition coefficient (Wildman–Crippen LogP) is 4.54. The minimum Gasteiger partial charge on any atom is -0.504 e. The molecule has 1 heterocycles. The van der Waals surface area contributed by atoms with E-state index in [2.05, 4.69) is 11.6 Å². The number of rotatable bonds is 7. The standard InChI is InChI=1S/C24H24N2O5S/c1-5-7-17-12-15(13-19(21(17)27)31-6-2)14-20-22(28)26(3)24(32-20)25-18-10-8-16(9-11-18)23(29)30-4/h5,8-14,27H,1,6-7H2,2-4H3/b20-14+,25-24?. The highest BCUT2D eigenvalue weighted by Gasteiger charge is 2.30. The average molecular weight is 453 g/mol. The van der Waals surface area contributed by atoms with E-state index in [1.807, 2.05) is 6.92 Å². The third-order valence-corrected chi connectivity index (χ3v) is 5.71. The summed E-state index contributed by atoms with van der Waals surface area (Å²) in [5.74, 6) is -0.166. The summed E-state index contributed by atoms with van der Waals surface area (Å²) in [5, 5.41) is 10.9. The van der Waals surface area contributed by atoms with Gasteiger partial charge in [-0.05, 0) is 73.1 Å². The zero-order valence-electron chi connectivity index (χ0n) is 18.1. The maximum absolute atomic E-state index is 12.8. The monoisotopic (exact) mass is 452 g/mol. The largest absolute Gasteiger partial charge is 0.504 e. The lowest BCUT2D eigenvalue weighted by molar-refractivity contribution is -0.121. The lowest BCUT2D eigenvalue weighted by Crippen LogP contribution is -2.23. The molecular weight excluding hydrogens is 428 g/mol. The Labute approximate surface area is 191 Å². The Morgan fingerprint density at radius 2 is 2.00 bits per heavy atom. The van der Waals surface area contributed by atoms with Gasteiger partial charge < -0.3 is 14.6 Å². The second kappa shape index (κ2) is 10.2. The Kier molecular flexibility index (Phi) is 7.37. The quantitative estimate of drug-likeness (QED) is 0.377. The van der Waals surface area contributed by atoms with Crippen LogP contribution >= 0.6 is 11.8 Å². The number of hydrogen-bond acceptors (Lipinski definition) is 7. The van der Waals surface area contributed by atoms with Crippen LogP contribution in [0.15, 0.2) is 59.0 Å². The molecule has 0 aromatic heterocycles. The lowest BCUT2D eigenvalue weighted by atomic mass is 10.1. The van der Waals surface area contributed by atoms with Crippen LogP contribution in [0.1, 0.15) is 28.4 Å². The average Bonchev–Trinajstić information content (AvgIpc) is 3.04. The summed E-state index contributed by atoms with van der Waals surface area (Å²) in [7, 11) is 2.98. The third-order valence-electron chi connectivity index (χ3n) is 4.65. The molecule has 1 N–H and O–H groups in total. The van der Waals surface area contributed by atoms with Crippen LogP contribution < -0.4 is 4.74 Å². The highest BCUT2D eigenvalue weighted by atomic mass is 32.2. The second-order valence-electron chi connectivity index (χ2n) is 6.86. The van der Waals surface area contributed by atoms with Gasteiger partial charge in [0.2, 0.25) is 0 Å². The fourth-order valence-electron chi connectivity index (χ4n) is 3.05. The van der Waals surface area contributed by atoms with Crippen molar-refractivity contribution in [3.63, 3.8) is 0 Å². The van der Waals surface area contributed by atoms with Crippen LogP contribution in [0.25, 0.3) is 6.08 Å². The number of phenols is 1. The van der Waals surface area contributed by atoms with Crippen LogP contribution in [0, 0.1) is 0 Å². The number of aromatic hydroxyl groups is 1. The van der Waals surface area contributed by atoms with Gasteiger partial charge in [0, 0.05) is 12.6 Å². The van der Waals surface area contributed by atoms with Crippen molar-refractivity contribution in [3.8, 4) is 11.5 Å². The van der Waals surface area contributed by atoms with Gasteiger partial charge in [-0.1, -0.05) is 6.08 Å². The van der Waals surface area contributed by atoms with Gasteiger partial charge in [0.25, 0.3) is 5.91 Å². The number of likely N-dealkylation sites (N-methyl/N-ethyl adjacent to an activating group) is 1. The summed E-state index contributed by atoms with van der Waals surface area (Å²) in [6, 6.07) is 10.1. The van der Waals surface area contributed by atoms with E-state index in [-0.39, 0.29) is 11.7 Å². The van der Waals surface area contributed by atoms with Crippen LogP contribution in [0.3, 0.4) is 0 Å². The molecule has 0 atom stereocenters. The number of thioether (sulfide) groups is 1. The van der Waals surface area contributed by atoms with Crippen LogP contribution in [-0.4, -0.2) is 47.8 Å². The number of hydrogen-bond donors (Lipinski definition) is 1. The fourth-order valence-corrected chi connectivity index (χ4v) is 4.04. The summed E-state index contributed by atoms with van der Waals surface area (Å²) in [5.41, 5.74) is 2.43. The molecule has 1 aliphatic heterocycles. The minimum absolute atomic E-state index is 0.0778. The molecule has 8 heteroatoms. The Hall–Kier alpha value is -3.52. The van der Waals surface area contributed by atoms with Gasteiger partial charge >= 0.3 is 5.97 Å². The first-order chi connectivity index (χ1) is 15.4. The number of allylic oxidation sites excluding steroid dienone is 1. The van der Waals surface area contributed by atoms with Crippen molar-refractivity contribution in [1.29, 1.82) is 0 Å². The van der Waals surface area contributed by atoms with Crippen molar-refractivity contribution in [2.45, 2.75) is 13.3 Å². The Morgan fingerprint density at radius 3 is 2.62 bits per heavy atom. The number of amidine groups is 1. The molecular formula is C24H24N2O5S. The normalized spacial score (nSPS) is 16.0. The van der Waals surface area contributed by atoms with E-state index in [1.165, 1.54) is 23.8 Å². The number of phenolic OH excluding ortho intramolecular Hbond substituents is 1. The maximum atomic E-state index is 12.8. The van der Waals surface area contributed by atoms with Gasteiger partial charge in [-0.2, -0.15) is 0 Å².